The van der Waals surface area contributed by atoms with Gasteiger partial charge < -0.3 is 11.1 Å². The van der Waals surface area contributed by atoms with E-state index in [2.05, 4.69) is 10.3 Å². The van der Waals surface area contributed by atoms with Gasteiger partial charge in [0.25, 0.3) is 5.91 Å². The van der Waals surface area contributed by atoms with Crippen LogP contribution < -0.4 is 11.1 Å². The summed E-state index contributed by atoms with van der Waals surface area (Å²) in [6.07, 6.45) is 1.70. The zero-order valence-corrected chi connectivity index (χ0v) is 11.0. The van der Waals surface area contributed by atoms with Gasteiger partial charge in [-0.15, -0.1) is 0 Å². The summed E-state index contributed by atoms with van der Waals surface area (Å²) in [5.74, 6) is -1.15. The van der Waals surface area contributed by atoms with Crippen molar-refractivity contribution in [1.82, 2.24) is 4.98 Å². The fourth-order valence-electron chi connectivity index (χ4n) is 2.07. The molecule has 0 spiro atoms. The maximum absolute atomic E-state index is 13.6. The molecule has 1 aromatic heterocycles. The van der Waals surface area contributed by atoms with Crippen molar-refractivity contribution in [2.24, 2.45) is 0 Å². The molecule has 0 unspecified atom stereocenters. The summed E-state index contributed by atoms with van der Waals surface area (Å²) < 4.78 is 13.6. The average Bonchev–Trinajstić information content (AvgIpc) is 2.49. The fourth-order valence-corrected chi connectivity index (χ4v) is 2.07. The van der Waals surface area contributed by atoms with Crippen LogP contribution in [0.4, 0.5) is 15.8 Å². The number of amides is 1. The molecule has 104 valence electrons. The number of aromatic nitrogens is 1. The third-order valence-corrected chi connectivity index (χ3v) is 3.10. The van der Waals surface area contributed by atoms with Crippen LogP contribution >= 0.6 is 0 Å². The predicted molar refractivity (Wildman–Crippen MR) is 80.5 cm³/mol. The van der Waals surface area contributed by atoms with Gasteiger partial charge in [0.15, 0.2) is 0 Å². The van der Waals surface area contributed by atoms with Gasteiger partial charge in [-0.25, -0.2) is 4.39 Å². The smallest absolute Gasteiger partial charge is 0.258 e. The fraction of sp³-hybridized carbons (Fsp3) is 0. The van der Waals surface area contributed by atoms with Crippen LogP contribution in [0.1, 0.15) is 10.4 Å². The number of fused-ring (bicyclic) bond motifs is 1. The molecule has 21 heavy (non-hydrogen) atoms. The second-order valence-electron chi connectivity index (χ2n) is 4.60. The van der Waals surface area contributed by atoms with Crippen LogP contribution in [0.25, 0.3) is 10.9 Å². The Morgan fingerprint density at radius 3 is 2.86 bits per heavy atom. The van der Waals surface area contributed by atoms with Crippen LogP contribution in [0.15, 0.2) is 54.7 Å². The van der Waals surface area contributed by atoms with E-state index in [9.17, 15) is 9.18 Å². The van der Waals surface area contributed by atoms with Gasteiger partial charge in [0.2, 0.25) is 0 Å². The summed E-state index contributed by atoms with van der Waals surface area (Å²) in [6, 6.07) is 12.9. The summed E-state index contributed by atoms with van der Waals surface area (Å²) in [5.41, 5.74) is 7.23. The first-order valence-electron chi connectivity index (χ1n) is 6.34. The summed E-state index contributed by atoms with van der Waals surface area (Å²) in [6.45, 7) is 0. The number of nitrogens with zero attached hydrogens (tertiary/aromatic N) is 1. The maximum Gasteiger partial charge on any atom is 0.258 e. The normalized spacial score (nSPS) is 10.5. The van der Waals surface area contributed by atoms with Gasteiger partial charge in [0.05, 0.1) is 11.1 Å². The molecule has 0 aliphatic rings. The summed E-state index contributed by atoms with van der Waals surface area (Å²) in [7, 11) is 0. The van der Waals surface area contributed by atoms with Crippen molar-refractivity contribution in [3.63, 3.8) is 0 Å². The van der Waals surface area contributed by atoms with Crippen molar-refractivity contribution in [2.75, 3.05) is 11.1 Å². The zero-order chi connectivity index (χ0) is 14.8. The quantitative estimate of drug-likeness (QED) is 0.709. The number of carbonyl (C=O) groups excluding carboxylic acids is 1. The van der Waals surface area contributed by atoms with E-state index in [0.29, 0.717) is 11.4 Å². The highest BCUT2D eigenvalue weighted by Crippen LogP contribution is 2.19. The molecule has 3 rings (SSSR count). The number of nitrogens with two attached hydrogens (primary N) is 1. The van der Waals surface area contributed by atoms with Gasteiger partial charge in [-0.3, -0.25) is 9.78 Å². The van der Waals surface area contributed by atoms with E-state index in [1.54, 1.807) is 24.4 Å². The predicted octanol–water partition coefficient (Wildman–Crippen LogP) is 3.21. The minimum atomic E-state index is -0.607. The van der Waals surface area contributed by atoms with E-state index < -0.39 is 11.7 Å². The minimum Gasteiger partial charge on any atom is -0.399 e. The molecule has 0 fully saturated rings. The second-order valence-corrected chi connectivity index (χ2v) is 4.60. The Hall–Kier alpha value is -2.95. The van der Waals surface area contributed by atoms with Crippen LogP contribution in [0.5, 0.6) is 0 Å². The summed E-state index contributed by atoms with van der Waals surface area (Å²) in [5, 5.41) is 3.55. The Morgan fingerprint density at radius 1 is 1.14 bits per heavy atom. The van der Waals surface area contributed by atoms with E-state index in [4.69, 9.17) is 5.73 Å². The third kappa shape index (κ3) is 2.67. The number of halogens is 1. The van der Waals surface area contributed by atoms with Crippen LogP contribution in [0.2, 0.25) is 0 Å². The van der Waals surface area contributed by atoms with Crippen molar-refractivity contribution in [2.45, 2.75) is 0 Å². The molecular formula is C16H12FN3O. The largest absolute Gasteiger partial charge is 0.399 e. The molecule has 5 heteroatoms. The van der Waals surface area contributed by atoms with Gasteiger partial charge in [-0.05, 0) is 42.5 Å². The topological polar surface area (TPSA) is 68.0 Å². The monoisotopic (exact) mass is 281 g/mol. The number of carbonyl (C=O) groups is 1. The number of nitrogens with one attached hydrogen (secondary N) is 1. The molecule has 3 N–H and O–H groups in total. The van der Waals surface area contributed by atoms with Crippen molar-refractivity contribution in [3.8, 4) is 0 Å². The Bertz CT molecular complexity index is 833. The molecule has 0 saturated heterocycles. The Balaban J connectivity index is 1.90. The molecule has 3 aromatic rings. The second kappa shape index (κ2) is 5.20. The number of pyridine rings is 1. The van der Waals surface area contributed by atoms with Gasteiger partial charge >= 0.3 is 0 Å². The van der Waals surface area contributed by atoms with Crippen LogP contribution in [0.3, 0.4) is 0 Å². The molecule has 0 aliphatic heterocycles. The van der Waals surface area contributed by atoms with Gasteiger partial charge in [-0.2, -0.15) is 0 Å². The molecule has 2 aromatic carbocycles. The van der Waals surface area contributed by atoms with E-state index in [0.717, 1.165) is 10.9 Å². The first kappa shape index (κ1) is 13.1. The van der Waals surface area contributed by atoms with Crippen LogP contribution in [-0.4, -0.2) is 10.9 Å². The Morgan fingerprint density at radius 2 is 2.00 bits per heavy atom. The molecule has 4 nitrogen and oxygen atoms in total. The first-order chi connectivity index (χ1) is 10.1. The lowest BCUT2D eigenvalue weighted by atomic mass is 10.1. The number of hydrogen-bond acceptors (Lipinski definition) is 3. The first-order valence-corrected chi connectivity index (χ1v) is 6.34. The van der Waals surface area contributed by atoms with Crippen molar-refractivity contribution >= 4 is 28.2 Å². The molecule has 1 amide bonds. The van der Waals surface area contributed by atoms with Crippen molar-refractivity contribution < 1.29 is 9.18 Å². The number of hydrogen-bond donors (Lipinski definition) is 2. The minimum absolute atomic E-state index is 0.0821. The summed E-state index contributed by atoms with van der Waals surface area (Å²) >= 11 is 0. The van der Waals surface area contributed by atoms with Crippen LogP contribution in [-0.2, 0) is 0 Å². The molecular weight excluding hydrogens is 269 g/mol. The van der Waals surface area contributed by atoms with Crippen LogP contribution in [0, 0.1) is 5.82 Å². The highest BCUT2D eigenvalue weighted by molar-refractivity contribution is 6.05. The zero-order valence-electron chi connectivity index (χ0n) is 11.0. The lowest BCUT2D eigenvalue weighted by molar-refractivity contribution is 0.102. The molecule has 1 heterocycles. The highest BCUT2D eigenvalue weighted by atomic mass is 19.1. The van der Waals surface area contributed by atoms with E-state index in [1.165, 1.54) is 18.2 Å². The number of anilines is 2. The van der Waals surface area contributed by atoms with E-state index in [-0.39, 0.29) is 5.56 Å². The lowest BCUT2D eigenvalue weighted by Gasteiger charge is -2.07. The standard InChI is InChI=1S/C16H12FN3O/c17-14-5-3-11(18)9-13(14)16(21)20-12-4-6-15-10(8-12)2-1-7-19-15/h1-9H,18H2,(H,20,21). The third-order valence-electron chi connectivity index (χ3n) is 3.10. The molecule has 0 aliphatic carbocycles. The molecule has 0 saturated carbocycles. The van der Waals surface area contributed by atoms with Gasteiger partial charge in [0, 0.05) is 23.0 Å². The van der Waals surface area contributed by atoms with Crippen molar-refractivity contribution in [3.05, 3.63) is 66.1 Å². The maximum atomic E-state index is 13.6. The average molecular weight is 281 g/mol. The van der Waals surface area contributed by atoms with E-state index >= 15 is 0 Å². The Kier molecular flexibility index (Phi) is 3.23. The molecule has 0 bridgehead atoms. The highest BCUT2D eigenvalue weighted by Gasteiger charge is 2.12. The van der Waals surface area contributed by atoms with E-state index in [1.807, 2.05) is 12.1 Å². The Labute approximate surface area is 120 Å². The number of nitrogen functional groups attached to an aromatic ring is 1. The van der Waals surface area contributed by atoms with Gasteiger partial charge in [0.1, 0.15) is 5.82 Å². The van der Waals surface area contributed by atoms with Crippen molar-refractivity contribution in [1.29, 1.82) is 0 Å². The summed E-state index contributed by atoms with van der Waals surface area (Å²) in [4.78, 5) is 16.3. The number of benzene rings is 2. The SMILES string of the molecule is Nc1ccc(F)c(C(=O)Nc2ccc3ncccc3c2)c1. The number of rotatable bonds is 2. The molecule has 0 radical (unpaired) electrons. The molecule has 0 atom stereocenters. The van der Waals surface area contributed by atoms with Gasteiger partial charge in [-0.1, -0.05) is 6.07 Å². The lowest BCUT2D eigenvalue weighted by Crippen LogP contribution is -2.14.